The van der Waals surface area contributed by atoms with E-state index in [1.54, 1.807) is 16.9 Å². The van der Waals surface area contributed by atoms with Crippen LogP contribution in [0.1, 0.15) is 41.3 Å². The molecule has 0 spiro atoms. The minimum atomic E-state index is -0.303. The van der Waals surface area contributed by atoms with Crippen LogP contribution in [0, 0.1) is 13.8 Å². The fourth-order valence-corrected chi connectivity index (χ4v) is 3.49. The summed E-state index contributed by atoms with van der Waals surface area (Å²) in [6.45, 7) is 8.32. The molecule has 4 aromatic rings. The molecule has 4 rings (SSSR count). The van der Waals surface area contributed by atoms with Crippen molar-refractivity contribution in [3.8, 4) is 5.69 Å². The van der Waals surface area contributed by atoms with Crippen LogP contribution in [0.3, 0.4) is 0 Å². The lowest BCUT2D eigenvalue weighted by Crippen LogP contribution is -2.21. The molecule has 0 aliphatic rings. The van der Waals surface area contributed by atoms with Crippen LogP contribution < -0.4 is 5.43 Å². The summed E-state index contributed by atoms with van der Waals surface area (Å²) in [7, 11) is 0. The highest BCUT2D eigenvalue weighted by molar-refractivity contribution is 6.07. The van der Waals surface area contributed by atoms with Crippen molar-refractivity contribution in [2.75, 3.05) is 0 Å². The zero-order chi connectivity index (χ0) is 21.3. The van der Waals surface area contributed by atoms with Gasteiger partial charge in [-0.25, -0.2) is 15.1 Å². The number of rotatable bonds is 5. The quantitative estimate of drug-likeness (QED) is 0.410. The van der Waals surface area contributed by atoms with E-state index in [1.165, 1.54) is 0 Å². The van der Waals surface area contributed by atoms with E-state index in [1.807, 2.05) is 68.8 Å². The van der Waals surface area contributed by atoms with Gasteiger partial charge in [-0.3, -0.25) is 9.48 Å². The van der Waals surface area contributed by atoms with Crippen molar-refractivity contribution in [1.82, 2.24) is 30.0 Å². The molecule has 0 aliphatic carbocycles. The Kier molecular flexibility index (Phi) is 5.14. The third-order valence-electron chi connectivity index (χ3n) is 4.90. The van der Waals surface area contributed by atoms with E-state index in [-0.39, 0.29) is 5.91 Å². The van der Waals surface area contributed by atoms with Crippen molar-refractivity contribution in [3.63, 3.8) is 0 Å². The second-order valence-corrected chi connectivity index (χ2v) is 7.01. The second kappa shape index (κ2) is 7.90. The van der Waals surface area contributed by atoms with E-state index in [0.29, 0.717) is 22.3 Å². The van der Waals surface area contributed by atoms with Crippen LogP contribution in [0.2, 0.25) is 0 Å². The maximum atomic E-state index is 13.0. The first-order valence-electron chi connectivity index (χ1n) is 9.78. The summed E-state index contributed by atoms with van der Waals surface area (Å²) in [5.41, 5.74) is 7.72. The molecule has 8 nitrogen and oxygen atoms in total. The third kappa shape index (κ3) is 3.47. The Morgan fingerprint density at radius 1 is 1.17 bits per heavy atom. The number of amides is 1. The lowest BCUT2D eigenvalue weighted by Gasteiger charge is -2.07. The molecule has 0 atom stereocenters. The summed E-state index contributed by atoms with van der Waals surface area (Å²) in [5, 5.41) is 13.9. The number of nitrogens with one attached hydrogen (secondary N) is 1. The summed E-state index contributed by atoms with van der Waals surface area (Å²) in [5.74, 6) is -0.303. The highest BCUT2D eigenvalue weighted by atomic mass is 16.2. The zero-order valence-corrected chi connectivity index (χ0v) is 17.4. The predicted octanol–water partition coefficient (Wildman–Crippen LogP) is 3.41. The minimum Gasteiger partial charge on any atom is -0.267 e. The molecule has 8 heteroatoms. The van der Waals surface area contributed by atoms with Gasteiger partial charge >= 0.3 is 0 Å². The molecule has 0 bridgehead atoms. The first-order valence-corrected chi connectivity index (χ1v) is 9.78. The number of pyridine rings is 1. The Hall–Kier alpha value is -3.81. The Bertz CT molecular complexity index is 1250. The lowest BCUT2D eigenvalue weighted by molar-refractivity contribution is 0.0956. The van der Waals surface area contributed by atoms with Crippen LogP contribution >= 0.6 is 0 Å². The number of benzene rings is 1. The van der Waals surface area contributed by atoms with Gasteiger partial charge in [0.15, 0.2) is 5.65 Å². The highest BCUT2D eigenvalue weighted by Gasteiger charge is 2.19. The largest absolute Gasteiger partial charge is 0.272 e. The molecule has 0 saturated heterocycles. The molecular weight excluding hydrogens is 378 g/mol. The zero-order valence-electron chi connectivity index (χ0n) is 17.4. The normalized spacial score (nSPS) is 11.8. The number of hydrazone groups is 1. The molecule has 0 unspecified atom stereocenters. The fraction of sp³-hybridized carbons (Fsp3) is 0.227. The Balaban J connectivity index is 1.73. The SMILES string of the molecule is CCn1nccc1C(C)=NNC(=O)c1cc(C)nc2c1c(C)nn2-c1ccccc1. The average molecular weight is 401 g/mol. The number of para-hydroxylation sites is 1. The van der Waals surface area contributed by atoms with Gasteiger partial charge in [0.2, 0.25) is 0 Å². The molecule has 30 heavy (non-hydrogen) atoms. The molecule has 0 radical (unpaired) electrons. The second-order valence-electron chi connectivity index (χ2n) is 7.01. The summed E-state index contributed by atoms with van der Waals surface area (Å²) in [6.07, 6.45) is 1.72. The lowest BCUT2D eigenvalue weighted by atomic mass is 10.1. The van der Waals surface area contributed by atoms with E-state index in [2.05, 4.69) is 25.7 Å². The number of aromatic nitrogens is 5. The number of aryl methyl sites for hydroxylation is 3. The van der Waals surface area contributed by atoms with E-state index in [4.69, 9.17) is 0 Å². The van der Waals surface area contributed by atoms with Crippen LogP contribution in [-0.2, 0) is 6.54 Å². The van der Waals surface area contributed by atoms with E-state index < -0.39 is 0 Å². The van der Waals surface area contributed by atoms with Crippen LogP contribution in [0.15, 0.2) is 53.8 Å². The van der Waals surface area contributed by atoms with Gasteiger partial charge in [0, 0.05) is 18.4 Å². The predicted molar refractivity (Wildman–Crippen MR) is 116 cm³/mol. The standard InChI is InChI=1S/C22H23N7O/c1-5-28-19(11-12-23-28)15(3)25-26-22(30)18-13-14(2)24-21-20(18)16(4)27-29(21)17-9-7-6-8-10-17/h6-13H,5H2,1-4H3,(H,26,30). The number of hydrogen-bond acceptors (Lipinski definition) is 5. The monoisotopic (exact) mass is 401 g/mol. The van der Waals surface area contributed by atoms with Gasteiger partial charge < -0.3 is 0 Å². The van der Waals surface area contributed by atoms with Gasteiger partial charge in [0.05, 0.1) is 33.7 Å². The average Bonchev–Trinajstić information content (AvgIpc) is 3.36. The van der Waals surface area contributed by atoms with Gasteiger partial charge in [0.25, 0.3) is 5.91 Å². The first-order chi connectivity index (χ1) is 14.5. The molecule has 0 saturated carbocycles. The Labute approximate surface area is 174 Å². The molecule has 1 aromatic carbocycles. The molecule has 1 N–H and O–H groups in total. The van der Waals surface area contributed by atoms with Crippen LogP contribution in [0.5, 0.6) is 0 Å². The topological polar surface area (TPSA) is 90.0 Å². The van der Waals surface area contributed by atoms with Gasteiger partial charge in [-0.05, 0) is 52.0 Å². The number of carbonyl (C=O) groups is 1. The number of hydrogen-bond donors (Lipinski definition) is 1. The van der Waals surface area contributed by atoms with Crippen molar-refractivity contribution >= 4 is 22.7 Å². The van der Waals surface area contributed by atoms with Gasteiger partial charge in [-0.1, -0.05) is 18.2 Å². The molecule has 0 aliphatic heterocycles. The maximum Gasteiger partial charge on any atom is 0.272 e. The highest BCUT2D eigenvalue weighted by Crippen LogP contribution is 2.24. The van der Waals surface area contributed by atoms with Crippen molar-refractivity contribution < 1.29 is 4.79 Å². The van der Waals surface area contributed by atoms with E-state index >= 15 is 0 Å². The molecule has 152 valence electrons. The summed E-state index contributed by atoms with van der Waals surface area (Å²) in [4.78, 5) is 17.7. The summed E-state index contributed by atoms with van der Waals surface area (Å²) >= 11 is 0. The van der Waals surface area contributed by atoms with E-state index in [0.717, 1.165) is 29.3 Å². The number of nitrogens with zero attached hydrogens (tertiary/aromatic N) is 6. The minimum absolute atomic E-state index is 0.303. The first kappa shape index (κ1) is 19.5. The van der Waals surface area contributed by atoms with Crippen molar-refractivity contribution in [1.29, 1.82) is 0 Å². The number of fused-ring (bicyclic) bond motifs is 1. The summed E-state index contributed by atoms with van der Waals surface area (Å²) < 4.78 is 3.59. The van der Waals surface area contributed by atoms with Crippen LogP contribution in [-0.4, -0.2) is 36.2 Å². The molecule has 1 amide bonds. The molecule has 0 fully saturated rings. The number of carbonyl (C=O) groups excluding carboxylic acids is 1. The van der Waals surface area contributed by atoms with Gasteiger partial charge in [0.1, 0.15) is 0 Å². The van der Waals surface area contributed by atoms with Crippen molar-refractivity contribution in [3.05, 3.63) is 71.3 Å². The van der Waals surface area contributed by atoms with Gasteiger partial charge in [-0.2, -0.15) is 15.3 Å². The van der Waals surface area contributed by atoms with Crippen molar-refractivity contribution in [2.45, 2.75) is 34.2 Å². The Morgan fingerprint density at radius 3 is 2.67 bits per heavy atom. The molecule has 3 heterocycles. The van der Waals surface area contributed by atoms with Gasteiger partial charge in [-0.15, -0.1) is 0 Å². The third-order valence-corrected chi connectivity index (χ3v) is 4.90. The van der Waals surface area contributed by atoms with Crippen LogP contribution in [0.25, 0.3) is 16.7 Å². The fourth-order valence-electron chi connectivity index (χ4n) is 3.49. The molecule has 3 aromatic heterocycles. The molecular formula is C22H23N7O. The smallest absolute Gasteiger partial charge is 0.267 e. The Morgan fingerprint density at radius 2 is 1.93 bits per heavy atom. The van der Waals surface area contributed by atoms with E-state index in [9.17, 15) is 4.79 Å². The van der Waals surface area contributed by atoms with Crippen molar-refractivity contribution in [2.24, 2.45) is 5.10 Å². The summed E-state index contributed by atoms with van der Waals surface area (Å²) in [6, 6.07) is 13.4. The maximum absolute atomic E-state index is 13.0. The van der Waals surface area contributed by atoms with Crippen LogP contribution in [0.4, 0.5) is 0 Å².